The number of rotatable bonds is 0. The molecule has 0 atom stereocenters. The number of hydrogen-bond donors (Lipinski definition) is 0. The topological polar surface area (TPSA) is 25.8 Å². The summed E-state index contributed by atoms with van der Waals surface area (Å²) in [5, 5.41) is 0. The summed E-state index contributed by atoms with van der Waals surface area (Å²) in [4.78, 5) is 8.54. The number of nitrogens with zero attached hydrogens (tertiary/aromatic N) is 2. The summed E-state index contributed by atoms with van der Waals surface area (Å²) in [7, 11) is 0. The smallest absolute Gasteiger partial charge is 0.0444 e. The Bertz CT molecular complexity index is 1320. The molecular formula is C32H28N2. The average molecular weight is 441 g/mol. The summed E-state index contributed by atoms with van der Waals surface area (Å²) < 4.78 is 0. The lowest BCUT2D eigenvalue weighted by Crippen LogP contribution is -1.99. The van der Waals surface area contributed by atoms with Gasteiger partial charge in [0, 0.05) is 69.0 Å². The third-order valence-corrected chi connectivity index (χ3v) is 4.21. The summed E-state index contributed by atoms with van der Waals surface area (Å²) >= 11 is 0. The highest BCUT2D eigenvalue weighted by atomic mass is 14.6. The van der Waals surface area contributed by atoms with Crippen LogP contribution < -0.4 is 0 Å². The van der Waals surface area contributed by atoms with Gasteiger partial charge in [-0.05, 0) is 71.9 Å². The maximum absolute atomic E-state index is 4.27. The molecular weight excluding hydrogens is 412 g/mol. The minimum atomic E-state index is -0.0552. The van der Waals surface area contributed by atoms with Crippen LogP contribution in [0.4, 0.5) is 0 Å². The van der Waals surface area contributed by atoms with E-state index in [0.29, 0.717) is 0 Å². The molecule has 0 saturated carbocycles. The van der Waals surface area contributed by atoms with Crippen LogP contribution in [0.25, 0.3) is 0 Å². The Morgan fingerprint density at radius 2 is 0.794 bits per heavy atom. The molecule has 3 rings (SSSR count). The second-order valence-corrected chi connectivity index (χ2v) is 10.0. The lowest BCUT2D eigenvalue weighted by atomic mass is 9.97. The summed E-state index contributed by atoms with van der Waals surface area (Å²) in [5.41, 5.74) is 5.06. The van der Waals surface area contributed by atoms with Gasteiger partial charge < -0.3 is 0 Å². The molecule has 34 heavy (non-hydrogen) atoms. The van der Waals surface area contributed by atoms with Crippen molar-refractivity contribution in [3.8, 4) is 47.4 Å². The predicted octanol–water partition coefficient (Wildman–Crippen LogP) is 6.07. The fourth-order valence-corrected chi connectivity index (χ4v) is 2.64. The van der Waals surface area contributed by atoms with Crippen molar-refractivity contribution in [1.82, 2.24) is 9.97 Å². The molecule has 0 bridgehead atoms. The van der Waals surface area contributed by atoms with Crippen LogP contribution >= 0.6 is 0 Å². The van der Waals surface area contributed by atoms with Crippen LogP contribution in [0.3, 0.4) is 0 Å². The van der Waals surface area contributed by atoms with Gasteiger partial charge in [0.25, 0.3) is 0 Å². The Morgan fingerprint density at radius 3 is 1.18 bits per heavy atom. The van der Waals surface area contributed by atoms with Crippen LogP contribution in [0.2, 0.25) is 0 Å². The van der Waals surface area contributed by atoms with Gasteiger partial charge in [-0.3, -0.25) is 9.97 Å². The van der Waals surface area contributed by atoms with Gasteiger partial charge in [0.2, 0.25) is 0 Å². The fourth-order valence-electron chi connectivity index (χ4n) is 2.64. The molecule has 0 N–H and O–H groups in total. The van der Waals surface area contributed by atoms with Gasteiger partial charge in [-0.15, -0.1) is 0 Å². The van der Waals surface area contributed by atoms with Crippen LogP contribution in [0.15, 0.2) is 61.2 Å². The second-order valence-electron chi connectivity index (χ2n) is 10.0. The largest absolute Gasteiger partial charge is 0.262 e. The van der Waals surface area contributed by atoms with Gasteiger partial charge in [-0.2, -0.15) is 0 Å². The molecule has 1 aromatic carbocycles. The summed E-state index contributed by atoms with van der Waals surface area (Å²) in [6.07, 6.45) is 7.03. The van der Waals surface area contributed by atoms with Gasteiger partial charge in [0.1, 0.15) is 0 Å². The molecule has 0 saturated heterocycles. The van der Waals surface area contributed by atoms with Crippen LogP contribution in [-0.2, 0) is 0 Å². The van der Waals surface area contributed by atoms with E-state index in [-0.39, 0.29) is 10.8 Å². The number of aromatic nitrogens is 2. The standard InChI is InChI=1S/C32H28N2/c1-31(2,3)16-14-29-19-27(21-33-23-29)12-10-25-8-7-9-26(18-25)11-13-28-20-30(24-34-22-28)15-17-32(4,5)6/h7-9,18-24H,1-6H3. The molecule has 0 aliphatic heterocycles. The number of benzene rings is 1. The fraction of sp³-hybridized carbons (Fsp3) is 0.250. The zero-order valence-electron chi connectivity index (χ0n) is 20.7. The second kappa shape index (κ2) is 10.6. The maximum Gasteiger partial charge on any atom is 0.0444 e. The van der Waals surface area contributed by atoms with Crippen molar-refractivity contribution in [2.24, 2.45) is 10.8 Å². The first-order valence-corrected chi connectivity index (χ1v) is 11.2. The van der Waals surface area contributed by atoms with E-state index in [0.717, 1.165) is 33.4 Å². The third kappa shape index (κ3) is 8.71. The Kier molecular flexibility index (Phi) is 7.60. The van der Waals surface area contributed by atoms with E-state index in [4.69, 9.17) is 0 Å². The lowest BCUT2D eigenvalue weighted by Gasteiger charge is -2.06. The highest BCUT2D eigenvalue weighted by Gasteiger charge is 2.04. The van der Waals surface area contributed by atoms with E-state index < -0.39 is 0 Å². The monoisotopic (exact) mass is 440 g/mol. The van der Waals surface area contributed by atoms with Crippen LogP contribution in [0.5, 0.6) is 0 Å². The Hall–Kier alpha value is -4.24. The van der Waals surface area contributed by atoms with E-state index in [9.17, 15) is 0 Å². The molecule has 0 spiro atoms. The number of pyridine rings is 2. The van der Waals surface area contributed by atoms with Crippen molar-refractivity contribution in [1.29, 1.82) is 0 Å². The molecule has 3 aromatic rings. The SMILES string of the molecule is CC(C)(C)C#Cc1cncc(C#Cc2cccc(C#Cc3cncc(C#CC(C)(C)C)c3)c2)c1. The van der Waals surface area contributed by atoms with E-state index in [1.165, 1.54) is 0 Å². The van der Waals surface area contributed by atoms with Crippen molar-refractivity contribution in [3.63, 3.8) is 0 Å². The zero-order chi connectivity index (χ0) is 24.6. The van der Waals surface area contributed by atoms with Gasteiger partial charge in [0.05, 0.1) is 0 Å². The van der Waals surface area contributed by atoms with Crippen LogP contribution in [0.1, 0.15) is 74.9 Å². The predicted molar refractivity (Wildman–Crippen MR) is 140 cm³/mol. The maximum atomic E-state index is 4.27. The van der Waals surface area contributed by atoms with Gasteiger partial charge in [-0.1, -0.05) is 53.4 Å². The molecule has 0 amide bonds. The van der Waals surface area contributed by atoms with Crippen LogP contribution in [-0.4, -0.2) is 9.97 Å². The lowest BCUT2D eigenvalue weighted by molar-refractivity contribution is 0.570. The highest BCUT2D eigenvalue weighted by molar-refractivity contribution is 5.50. The minimum Gasteiger partial charge on any atom is -0.262 e. The van der Waals surface area contributed by atoms with Crippen molar-refractivity contribution in [2.75, 3.05) is 0 Å². The van der Waals surface area contributed by atoms with E-state index in [1.54, 1.807) is 24.8 Å². The van der Waals surface area contributed by atoms with E-state index >= 15 is 0 Å². The molecule has 2 heteroatoms. The molecule has 2 aromatic heterocycles. The van der Waals surface area contributed by atoms with Crippen molar-refractivity contribution in [3.05, 3.63) is 94.6 Å². The molecule has 2 nitrogen and oxygen atoms in total. The minimum absolute atomic E-state index is 0.0552. The van der Waals surface area contributed by atoms with Crippen molar-refractivity contribution in [2.45, 2.75) is 41.5 Å². The normalized spacial score (nSPS) is 10.3. The first-order chi connectivity index (χ1) is 16.1. The molecule has 0 radical (unpaired) electrons. The Balaban J connectivity index is 1.79. The first-order valence-electron chi connectivity index (χ1n) is 11.2. The van der Waals surface area contributed by atoms with Crippen molar-refractivity contribution >= 4 is 0 Å². The molecule has 166 valence electrons. The molecule has 0 aliphatic carbocycles. The Labute approximate surface area is 204 Å². The summed E-state index contributed by atoms with van der Waals surface area (Å²) in [5.74, 6) is 25.6. The van der Waals surface area contributed by atoms with E-state index in [2.05, 4.69) is 98.9 Å². The molecule has 0 aliphatic rings. The van der Waals surface area contributed by atoms with Gasteiger partial charge in [0.15, 0.2) is 0 Å². The summed E-state index contributed by atoms with van der Waals surface area (Å²) in [6, 6.07) is 11.8. The average Bonchev–Trinajstić information content (AvgIpc) is 2.79. The van der Waals surface area contributed by atoms with E-state index in [1.807, 2.05) is 36.4 Å². The van der Waals surface area contributed by atoms with Crippen molar-refractivity contribution < 1.29 is 0 Å². The molecule has 0 unspecified atom stereocenters. The van der Waals surface area contributed by atoms with Gasteiger partial charge in [-0.25, -0.2) is 0 Å². The zero-order valence-corrected chi connectivity index (χ0v) is 20.7. The third-order valence-electron chi connectivity index (χ3n) is 4.21. The van der Waals surface area contributed by atoms with Crippen LogP contribution in [0, 0.1) is 58.2 Å². The molecule has 2 heterocycles. The Morgan fingerprint density at radius 1 is 0.471 bits per heavy atom. The first kappa shape index (κ1) is 24.4. The number of hydrogen-bond acceptors (Lipinski definition) is 2. The highest BCUT2D eigenvalue weighted by Crippen LogP contribution is 2.12. The van der Waals surface area contributed by atoms with Gasteiger partial charge >= 0.3 is 0 Å². The molecule has 0 fully saturated rings. The summed E-state index contributed by atoms with van der Waals surface area (Å²) in [6.45, 7) is 12.5. The quantitative estimate of drug-likeness (QED) is 0.397.